The molecule has 1 aromatic rings. The highest BCUT2D eigenvalue weighted by atomic mass is 35.5. The third-order valence-electron chi connectivity index (χ3n) is 2.84. The molecule has 5 heteroatoms. The van der Waals surface area contributed by atoms with E-state index in [1.54, 1.807) is 5.06 Å². The largest absolute Gasteiger partial charge is 0.323 e. The highest BCUT2D eigenvalue weighted by molar-refractivity contribution is 6.34. The Hall–Kier alpha value is -1.10. The molecule has 1 amide bonds. The molecule has 0 bridgehead atoms. The third-order valence-corrected chi connectivity index (χ3v) is 3.14. The quantitative estimate of drug-likeness (QED) is 0.916. The number of hydroxylamine groups is 2. The van der Waals surface area contributed by atoms with Gasteiger partial charge in [0.15, 0.2) is 0 Å². The minimum Gasteiger partial charge on any atom is -0.323 e. The van der Waals surface area contributed by atoms with Gasteiger partial charge < -0.3 is 5.32 Å². The normalized spacial score (nSPS) is 15.9. The van der Waals surface area contributed by atoms with Crippen molar-refractivity contribution in [3.8, 4) is 0 Å². The van der Waals surface area contributed by atoms with E-state index in [1.165, 1.54) is 0 Å². The lowest BCUT2D eigenvalue weighted by molar-refractivity contribution is -0.137. The summed E-state index contributed by atoms with van der Waals surface area (Å²) in [6, 6.07) is 3.84. The van der Waals surface area contributed by atoms with Gasteiger partial charge in [-0.3, -0.25) is 9.63 Å². The second-order valence-electron chi connectivity index (χ2n) is 4.54. The summed E-state index contributed by atoms with van der Waals surface area (Å²) in [7, 11) is 0. The zero-order chi connectivity index (χ0) is 13.1. The maximum absolute atomic E-state index is 11.9. The van der Waals surface area contributed by atoms with Crippen LogP contribution in [0.1, 0.15) is 17.5 Å². The number of nitrogens with one attached hydrogen (secondary N) is 1. The first-order valence-electron chi connectivity index (χ1n) is 6.01. The monoisotopic (exact) mass is 268 g/mol. The van der Waals surface area contributed by atoms with Crippen molar-refractivity contribution in [2.45, 2.75) is 20.3 Å². The van der Waals surface area contributed by atoms with Crippen LogP contribution in [0.2, 0.25) is 5.02 Å². The molecule has 1 aliphatic rings. The number of benzene rings is 1. The molecular formula is C13H17ClN2O2. The average molecular weight is 269 g/mol. The van der Waals surface area contributed by atoms with Crippen molar-refractivity contribution in [3.63, 3.8) is 0 Å². The van der Waals surface area contributed by atoms with Gasteiger partial charge in [-0.25, -0.2) is 0 Å². The Bertz CT molecular complexity index is 433. The number of rotatable bonds is 3. The number of aryl methyl sites for hydroxylation is 2. The summed E-state index contributed by atoms with van der Waals surface area (Å²) in [6.07, 6.45) is 0.970. The van der Waals surface area contributed by atoms with Gasteiger partial charge in [0, 0.05) is 6.54 Å². The van der Waals surface area contributed by atoms with Crippen LogP contribution in [0.25, 0.3) is 0 Å². The van der Waals surface area contributed by atoms with Crippen molar-refractivity contribution < 1.29 is 9.63 Å². The van der Waals surface area contributed by atoms with E-state index in [4.69, 9.17) is 16.4 Å². The van der Waals surface area contributed by atoms with E-state index in [9.17, 15) is 4.79 Å². The first-order valence-corrected chi connectivity index (χ1v) is 6.38. The standard InChI is InChI=1S/C13H17ClN2O2/c1-9-6-10(2)13(11(14)7-9)15-12(17)8-16-4-3-5-18-16/h6-7H,3-5,8H2,1-2H3,(H,15,17). The second kappa shape index (κ2) is 5.69. The first-order chi connectivity index (χ1) is 8.56. The van der Waals surface area contributed by atoms with E-state index in [0.717, 1.165) is 24.1 Å². The van der Waals surface area contributed by atoms with Crippen LogP contribution in [0.3, 0.4) is 0 Å². The number of carbonyl (C=O) groups is 1. The molecule has 1 N–H and O–H groups in total. The molecule has 1 aliphatic heterocycles. The number of amides is 1. The number of anilines is 1. The van der Waals surface area contributed by atoms with Crippen LogP contribution in [0.5, 0.6) is 0 Å². The van der Waals surface area contributed by atoms with Crippen LogP contribution >= 0.6 is 11.6 Å². The molecule has 0 spiro atoms. The van der Waals surface area contributed by atoms with Crippen LogP contribution in [0.4, 0.5) is 5.69 Å². The first kappa shape index (κ1) is 13.3. The number of halogens is 1. The summed E-state index contributed by atoms with van der Waals surface area (Å²) in [5, 5.41) is 5.09. The predicted octanol–water partition coefficient (Wildman–Crippen LogP) is 2.53. The van der Waals surface area contributed by atoms with Crippen LogP contribution in [-0.2, 0) is 9.63 Å². The molecular weight excluding hydrogens is 252 g/mol. The Morgan fingerprint density at radius 1 is 1.50 bits per heavy atom. The van der Waals surface area contributed by atoms with E-state index < -0.39 is 0 Å². The third kappa shape index (κ3) is 3.22. The Kier molecular flexibility index (Phi) is 4.22. The molecule has 0 radical (unpaired) electrons. The number of hydrogen-bond acceptors (Lipinski definition) is 3. The molecule has 1 saturated heterocycles. The summed E-state index contributed by atoms with van der Waals surface area (Å²) in [5.74, 6) is -0.106. The maximum Gasteiger partial charge on any atom is 0.241 e. The summed E-state index contributed by atoms with van der Waals surface area (Å²) in [5.41, 5.74) is 2.74. The van der Waals surface area contributed by atoms with Crippen LogP contribution in [0.15, 0.2) is 12.1 Å². The Morgan fingerprint density at radius 2 is 2.28 bits per heavy atom. The predicted molar refractivity (Wildman–Crippen MR) is 71.7 cm³/mol. The molecule has 0 saturated carbocycles. The summed E-state index contributed by atoms with van der Waals surface area (Å²) in [6.45, 7) is 5.64. The lowest BCUT2D eigenvalue weighted by Gasteiger charge is -2.15. The van der Waals surface area contributed by atoms with E-state index in [2.05, 4.69) is 5.32 Å². The molecule has 1 aromatic carbocycles. The van der Waals surface area contributed by atoms with E-state index in [0.29, 0.717) is 17.3 Å². The van der Waals surface area contributed by atoms with Gasteiger partial charge in [-0.05, 0) is 37.5 Å². The van der Waals surface area contributed by atoms with Gasteiger partial charge in [0.2, 0.25) is 5.91 Å². The molecule has 0 unspecified atom stereocenters. The summed E-state index contributed by atoms with van der Waals surface area (Å²) >= 11 is 6.14. The zero-order valence-corrected chi connectivity index (χ0v) is 11.4. The van der Waals surface area contributed by atoms with Gasteiger partial charge in [-0.15, -0.1) is 0 Å². The van der Waals surface area contributed by atoms with E-state index in [1.807, 2.05) is 26.0 Å². The number of hydrogen-bond donors (Lipinski definition) is 1. The second-order valence-corrected chi connectivity index (χ2v) is 4.94. The molecule has 98 valence electrons. The van der Waals surface area contributed by atoms with Crippen LogP contribution < -0.4 is 5.32 Å². The fourth-order valence-corrected chi connectivity index (χ4v) is 2.41. The smallest absolute Gasteiger partial charge is 0.241 e. The minimum atomic E-state index is -0.106. The lowest BCUT2D eigenvalue weighted by atomic mass is 10.1. The molecule has 4 nitrogen and oxygen atoms in total. The van der Waals surface area contributed by atoms with E-state index in [-0.39, 0.29) is 12.5 Å². The van der Waals surface area contributed by atoms with Crippen molar-refractivity contribution in [2.24, 2.45) is 0 Å². The fraction of sp³-hybridized carbons (Fsp3) is 0.462. The molecule has 2 rings (SSSR count). The number of nitrogens with zero attached hydrogens (tertiary/aromatic N) is 1. The van der Waals surface area contributed by atoms with Crippen molar-refractivity contribution >= 4 is 23.2 Å². The van der Waals surface area contributed by atoms with Crippen molar-refractivity contribution in [2.75, 3.05) is 25.0 Å². The molecule has 0 aromatic heterocycles. The Labute approximate surface area is 112 Å². The van der Waals surface area contributed by atoms with Crippen molar-refractivity contribution in [1.82, 2.24) is 5.06 Å². The van der Waals surface area contributed by atoms with E-state index >= 15 is 0 Å². The molecule has 1 fully saturated rings. The summed E-state index contributed by atoms with van der Waals surface area (Å²) < 4.78 is 0. The van der Waals surface area contributed by atoms with Gasteiger partial charge in [-0.2, -0.15) is 5.06 Å². The SMILES string of the molecule is Cc1cc(C)c(NC(=O)CN2CCCO2)c(Cl)c1. The van der Waals surface area contributed by atoms with Gasteiger partial charge in [0.05, 0.1) is 17.3 Å². The topological polar surface area (TPSA) is 41.6 Å². The highest BCUT2D eigenvalue weighted by Crippen LogP contribution is 2.27. The maximum atomic E-state index is 11.9. The molecule has 0 atom stereocenters. The average Bonchev–Trinajstić information content (AvgIpc) is 2.76. The Balaban J connectivity index is 2.02. The van der Waals surface area contributed by atoms with Crippen molar-refractivity contribution in [1.29, 1.82) is 0 Å². The Morgan fingerprint density at radius 3 is 2.89 bits per heavy atom. The lowest BCUT2D eigenvalue weighted by Crippen LogP contribution is -2.30. The number of carbonyl (C=O) groups excluding carboxylic acids is 1. The minimum absolute atomic E-state index is 0.106. The van der Waals surface area contributed by atoms with Gasteiger partial charge >= 0.3 is 0 Å². The van der Waals surface area contributed by atoms with Gasteiger partial charge in [0.25, 0.3) is 0 Å². The molecule has 1 heterocycles. The van der Waals surface area contributed by atoms with Gasteiger partial charge in [0.1, 0.15) is 6.54 Å². The molecule has 18 heavy (non-hydrogen) atoms. The van der Waals surface area contributed by atoms with Crippen LogP contribution in [0, 0.1) is 13.8 Å². The van der Waals surface area contributed by atoms with Crippen molar-refractivity contribution in [3.05, 3.63) is 28.3 Å². The van der Waals surface area contributed by atoms with Gasteiger partial charge in [-0.1, -0.05) is 17.7 Å². The van der Waals surface area contributed by atoms with Crippen LogP contribution in [-0.4, -0.2) is 30.7 Å². The molecule has 0 aliphatic carbocycles. The fourth-order valence-electron chi connectivity index (χ4n) is 2.04. The highest BCUT2D eigenvalue weighted by Gasteiger charge is 2.17. The zero-order valence-electron chi connectivity index (χ0n) is 10.6. The summed E-state index contributed by atoms with van der Waals surface area (Å²) in [4.78, 5) is 17.1.